The Hall–Kier alpha value is -0.870. The van der Waals surface area contributed by atoms with Crippen molar-refractivity contribution >= 4 is 0 Å². The largest absolute Gasteiger partial charge is 0.381 e. The van der Waals surface area contributed by atoms with Gasteiger partial charge in [-0.3, -0.25) is 4.68 Å². The maximum atomic E-state index is 5.39. The van der Waals surface area contributed by atoms with Gasteiger partial charge in [0.05, 0.1) is 12.2 Å². The first kappa shape index (κ1) is 11.2. The van der Waals surface area contributed by atoms with Crippen LogP contribution in [0.15, 0.2) is 12.4 Å². The summed E-state index contributed by atoms with van der Waals surface area (Å²) >= 11 is 0. The number of hydrogen-bond acceptors (Lipinski definition) is 3. The summed E-state index contributed by atoms with van der Waals surface area (Å²) < 4.78 is 7.55. The first-order chi connectivity index (χ1) is 8.43. The molecular formula is C13H21N3O. The van der Waals surface area contributed by atoms with Crippen molar-refractivity contribution in [3.63, 3.8) is 0 Å². The van der Waals surface area contributed by atoms with E-state index in [2.05, 4.69) is 27.5 Å². The van der Waals surface area contributed by atoms with E-state index < -0.39 is 0 Å². The van der Waals surface area contributed by atoms with Crippen LogP contribution in [0.3, 0.4) is 0 Å². The van der Waals surface area contributed by atoms with Crippen molar-refractivity contribution in [2.24, 2.45) is 0 Å². The highest BCUT2D eigenvalue weighted by Crippen LogP contribution is 2.25. The molecular weight excluding hydrogens is 214 g/mol. The highest BCUT2D eigenvalue weighted by Gasteiger charge is 2.20. The Balaban J connectivity index is 1.68. The summed E-state index contributed by atoms with van der Waals surface area (Å²) in [6.07, 6.45) is 9.11. The first-order valence-electron chi connectivity index (χ1n) is 6.76. The summed E-state index contributed by atoms with van der Waals surface area (Å²) in [5, 5.41) is 8.01. The fourth-order valence-corrected chi connectivity index (χ4v) is 2.85. The fraction of sp³-hybridized carbons (Fsp3) is 0.769. The second-order valence-corrected chi connectivity index (χ2v) is 5.14. The normalized spacial score (nSPS) is 27.2. The van der Waals surface area contributed by atoms with Gasteiger partial charge in [-0.25, -0.2) is 0 Å². The van der Waals surface area contributed by atoms with Crippen LogP contribution in [0.25, 0.3) is 0 Å². The van der Waals surface area contributed by atoms with Crippen molar-refractivity contribution in [2.75, 3.05) is 26.3 Å². The third-order valence-electron chi connectivity index (χ3n) is 3.95. The highest BCUT2D eigenvalue weighted by molar-refractivity contribution is 5.13. The molecule has 1 unspecified atom stereocenters. The topological polar surface area (TPSA) is 39.1 Å². The lowest BCUT2D eigenvalue weighted by Gasteiger charge is -2.23. The summed E-state index contributed by atoms with van der Waals surface area (Å²) in [7, 11) is 0. The lowest BCUT2D eigenvalue weighted by atomic mass is 9.94. The Kier molecular flexibility index (Phi) is 3.43. The Labute approximate surface area is 102 Å². The molecule has 2 fully saturated rings. The third kappa shape index (κ3) is 2.53. The number of nitrogens with one attached hydrogen (secondary N) is 1. The van der Waals surface area contributed by atoms with E-state index in [1.54, 1.807) is 0 Å². The monoisotopic (exact) mass is 235 g/mol. The number of rotatable bonds is 2. The minimum atomic E-state index is 0.550. The molecule has 4 heteroatoms. The van der Waals surface area contributed by atoms with E-state index in [0.29, 0.717) is 12.0 Å². The second kappa shape index (κ2) is 5.19. The Morgan fingerprint density at radius 2 is 2.18 bits per heavy atom. The third-order valence-corrected chi connectivity index (χ3v) is 3.95. The SMILES string of the molecule is c1nn(C2CCOCC2)cc1C1CCCNC1. The van der Waals surface area contributed by atoms with Crippen LogP contribution in [0.5, 0.6) is 0 Å². The highest BCUT2D eigenvalue weighted by atomic mass is 16.5. The van der Waals surface area contributed by atoms with Gasteiger partial charge in [-0.15, -0.1) is 0 Å². The molecule has 0 amide bonds. The molecule has 2 aliphatic rings. The summed E-state index contributed by atoms with van der Waals surface area (Å²) in [6, 6.07) is 0.550. The summed E-state index contributed by atoms with van der Waals surface area (Å²) in [4.78, 5) is 0. The van der Waals surface area contributed by atoms with Crippen molar-refractivity contribution in [3.05, 3.63) is 18.0 Å². The summed E-state index contributed by atoms with van der Waals surface area (Å²) in [6.45, 7) is 4.04. The van der Waals surface area contributed by atoms with Gasteiger partial charge in [0.15, 0.2) is 0 Å². The van der Waals surface area contributed by atoms with Crippen LogP contribution in [0.2, 0.25) is 0 Å². The molecule has 0 aliphatic carbocycles. The molecule has 0 aromatic carbocycles. The molecule has 1 atom stereocenters. The summed E-state index contributed by atoms with van der Waals surface area (Å²) in [5.74, 6) is 0.664. The van der Waals surface area contributed by atoms with Crippen LogP contribution >= 0.6 is 0 Å². The number of aromatic nitrogens is 2. The number of piperidine rings is 1. The van der Waals surface area contributed by atoms with Crippen LogP contribution in [0.1, 0.15) is 43.2 Å². The van der Waals surface area contributed by atoms with Gasteiger partial charge in [-0.1, -0.05) is 0 Å². The van der Waals surface area contributed by atoms with Gasteiger partial charge in [0, 0.05) is 26.0 Å². The van der Waals surface area contributed by atoms with E-state index in [4.69, 9.17) is 4.74 Å². The smallest absolute Gasteiger partial charge is 0.0563 e. The summed E-state index contributed by atoms with van der Waals surface area (Å²) in [5.41, 5.74) is 1.41. The van der Waals surface area contributed by atoms with E-state index in [0.717, 1.165) is 32.6 Å². The zero-order chi connectivity index (χ0) is 11.5. The van der Waals surface area contributed by atoms with Crippen LogP contribution < -0.4 is 5.32 Å². The molecule has 0 radical (unpaired) electrons. The predicted molar refractivity (Wildman–Crippen MR) is 66.2 cm³/mol. The Morgan fingerprint density at radius 3 is 2.94 bits per heavy atom. The van der Waals surface area contributed by atoms with Gasteiger partial charge in [0.2, 0.25) is 0 Å². The van der Waals surface area contributed by atoms with Crippen LogP contribution in [0, 0.1) is 0 Å². The molecule has 0 spiro atoms. The van der Waals surface area contributed by atoms with Gasteiger partial charge in [-0.2, -0.15) is 5.10 Å². The van der Waals surface area contributed by atoms with Crippen LogP contribution in [-0.4, -0.2) is 36.1 Å². The minimum absolute atomic E-state index is 0.550. The minimum Gasteiger partial charge on any atom is -0.381 e. The quantitative estimate of drug-likeness (QED) is 0.848. The predicted octanol–water partition coefficient (Wildman–Crippen LogP) is 1.70. The van der Waals surface area contributed by atoms with Crippen molar-refractivity contribution in [2.45, 2.75) is 37.6 Å². The Morgan fingerprint density at radius 1 is 1.29 bits per heavy atom. The number of nitrogens with zero attached hydrogens (tertiary/aromatic N) is 2. The molecule has 2 saturated heterocycles. The van der Waals surface area contributed by atoms with E-state index >= 15 is 0 Å². The molecule has 1 aromatic heterocycles. The second-order valence-electron chi connectivity index (χ2n) is 5.14. The van der Waals surface area contributed by atoms with E-state index in [1.165, 1.54) is 24.9 Å². The molecule has 3 heterocycles. The molecule has 0 bridgehead atoms. The maximum absolute atomic E-state index is 5.39. The molecule has 94 valence electrons. The number of hydrogen-bond donors (Lipinski definition) is 1. The maximum Gasteiger partial charge on any atom is 0.0563 e. The van der Waals surface area contributed by atoms with Crippen molar-refractivity contribution in [3.8, 4) is 0 Å². The van der Waals surface area contributed by atoms with Crippen molar-refractivity contribution < 1.29 is 4.74 Å². The van der Waals surface area contributed by atoms with Crippen molar-refractivity contribution in [1.29, 1.82) is 0 Å². The van der Waals surface area contributed by atoms with E-state index in [9.17, 15) is 0 Å². The van der Waals surface area contributed by atoms with Gasteiger partial charge < -0.3 is 10.1 Å². The molecule has 0 saturated carbocycles. The van der Waals surface area contributed by atoms with Gasteiger partial charge in [0.1, 0.15) is 0 Å². The zero-order valence-corrected chi connectivity index (χ0v) is 10.3. The van der Waals surface area contributed by atoms with E-state index in [-0.39, 0.29) is 0 Å². The lowest BCUT2D eigenvalue weighted by molar-refractivity contribution is 0.0662. The first-order valence-corrected chi connectivity index (χ1v) is 6.76. The molecule has 1 N–H and O–H groups in total. The average Bonchev–Trinajstić information content (AvgIpc) is 2.90. The number of ether oxygens (including phenoxy) is 1. The van der Waals surface area contributed by atoms with Crippen LogP contribution in [0.4, 0.5) is 0 Å². The van der Waals surface area contributed by atoms with Gasteiger partial charge >= 0.3 is 0 Å². The molecule has 2 aliphatic heterocycles. The van der Waals surface area contributed by atoms with E-state index in [1.807, 2.05) is 0 Å². The lowest BCUT2D eigenvalue weighted by Crippen LogP contribution is -2.28. The van der Waals surface area contributed by atoms with Gasteiger partial charge in [0.25, 0.3) is 0 Å². The fourth-order valence-electron chi connectivity index (χ4n) is 2.85. The molecule has 1 aromatic rings. The zero-order valence-electron chi connectivity index (χ0n) is 10.3. The van der Waals surface area contributed by atoms with Crippen LogP contribution in [-0.2, 0) is 4.74 Å². The Bertz CT molecular complexity index is 319. The standard InChI is InChI=1S/C13H21N3O/c1-2-11(8-14-5-1)12-9-15-16(10-12)13-3-6-17-7-4-13/h9-11,13-14H,1-8H2. The molecule has 17 heavy (non-hydrogen) atoms. The molecule has 4 nitrogen and oxygen atoms in total. The van der Waals surface area contributed by atoms with Gasteiger partial charge in [-0.05, 0) is 43.7 Å². The average molecular weight is 235 g/mol. The molecule has 3 rings (SSSR count). The van der Waals surface area contributed by atoms with Crippen molar-refractivity contribution in [1.82, 2.24) is 15.1 Å².